The van der Waals surface area contributed by atoms with E-state index in [0.29, 0.717) is 9.58 Å². The molecule has 41 heavy (non-hydrogen) atoms. The molecule has 3 rings (SSSR count). The topological polar surface area (TPSA) is 136 Å². The lowest BCUT2D eigenvalue weighted by atomic mass is 10.0. The number of nitrogens with two attached hydrogens (primary N) is 1. The summed E-state index contributed by atoms with van der Waals surface area (Å²) in [6.07, 6.45) is -5.28. The van der Waals surface area contributed by atoms with Gasteiger partial charge in [0.25, 0.3) is 5.91 Å². The Morgan fingerprint density at radius 1 is 1.29 bits per heavy atom. The maximum Gasteiger partial charge on any atom is 0.459 e. The zero-order valence-corrected chi connectivity index (χ0v) is 21.6. The Morgan fingerprint density at radius 3 is 2.41 bits per heavy atom. The standard InChI is InChI=1S/C23H18ClF7N6O4/c1-36-17(15(41-19(25)26)16(35-36)22(27,28)23(29,30)31)34-9-12(8-32)11-3-4-14(24)13(7-11)18(38)37(20(39)40-2)21(10-33)5-6-21/h3-4,7-9,19H,5-6,32H2,1-2H3. The van der Waals surface area contributed by atoms with Gasteiger partial charge in [0.1, 0.15) is 5.54 Å². The van der Waals surface area contributed by atoms with Crippen LogP contribution in [0.2, 0.25) is 5.02 Å². The van der Waals surface area contributed by atoms with Crippen molar-refractivity contribution in [2.24, 2.45) is 17.8 Å². The second kappa shape index (κ2) is 11.3. The van der Waals surface area contributed by atoms with Gasteiger partial charge < -0.3 is 15.2 Å². The van der Waals surface area contributed by atoms with Crippen molar-refractivity contribution >= 4 is 41.2 Å². The quantitative estimate of drug-likeness (QED) is 0.317. The number of hydrogen-bond donors (Lipinski definition) is 1. The Morgan fingerprint density at radius 2 is 1.93 bits per heavy atom. The fourth-order valence-corrected chi connectivity index (χ4v) is 3.75. The van der Waals surface area contributed by atoms with Gasteiger partial charge in [0.2, 0.25) is 0 Å². The van der Waals surface area contributed by atoms with E-state index in [1.165, 1.54) is 12.1 Å². The van der Waals surface area contributed by atoms with Gasteiger partial charge in [-0.05, 0) is 30.5 Å². The van der Waals surface area contributed by atoms with E-state index in [4.69, 9.17) is 17.3 Å². The average Bonchev–Trinajstić information content (AvgIpc) is 3.62. The Hall–Kier alpha value is -4.33. The van der Waals surface area contributed by atoms with E-state index in [0.717, 1.165) is 32.6 Å². The summed E-state index contributed by atoms with van der Waals surface area (Å²) in [4.78, 5) is 29.9. The van der Waals surface area contributed by atoms with Crippen LogP contribution in [0.15, 0.2) is 29.4 Å². The van der Waals surface area contributed by atoms with Gasteiger partial charge in [0.15, 0.2) is 17.3 Å². The summed E-state index contributed by atoms with van der Waals surface area (Å²) in [5, 5.41) is 12.3. The normalized spacial score (nSPS) is 15.1. The zero-order chi connectivity index (χ0) is 30.9. The van der Waals surface area contributed by atoms with Crippen LogP contribution in [-0.2, 0) is 17.7 Å². The van der Waals surface area contributed by atoms with Crippen LogP contribution in [0.5, 0.6) is 5.75 Å². The summed E-state index contributed by atoms with van der Waals surface area (Å²) in [5.74, 6) is -9.26. The minimum Gasteiger partial charge on any atom is -0.452 e. The van der Waals surface area contributed by atoms with Crippen molar-refractivity contribution in [3.8, 4) is 11.8 Å². The molecule has 10 nitrogen and oxygen atoms in total. The number of amides is 2. The molecule has 0 unspecified atom stereocenters. The van der Waals surface area contributed by atoms with Gasteiger partial charge in [-0.25, -0.2) is 19.4 Å². The predicted molar refractivity (Wildman–Crippen MR) is 128 cm³/mol. The van der Waals surface area contributed by atoms with E-state index in [-0.39, 0.29) is 34.6 Å². The molecular formula is C23H18ClF7N6O4. The highest BCUT2D eigenvalue weighted by molar-refractivity contribution is 6.34. The number of halogens is 8. The summed E-state index contributed by atoms with van der Waals surface area (Å²) in [7, 11) is 1.86. The van der Waals surface area contributed by atoms with Crippen LogP contribution in [0.4, 0.5) is 41.3 Å². The number of benzene rings is 1. The molecule has 2 N–H and O–H groups in total. The fourth-order valence-electron chi connectivity index (χ4n) is 3.56. The van der Waals surface area contributed by atoms with Crippen LogP contribution < -0.4 is 10.5 Å². The third-order valence-electron chi connectivity index (χ3n) is 5.79. The Kier molecular flexibility index (Phi) is 8.58. The van der Waals surface area contributed by atoms with Crippen molar-refractivity contribution in [1.29, 1.82) is 5.26 Å². The highest BCUT2D eigenvalue weighted by atomic mass is 35.5. The van der Waals surface area contributed by atoms with Crippen LogP contribution in [0, 0.1) is 11.3 Å². The molecule has 220 valence electrons. The summed E-state index contributed by atoms with van der Waals surface area (Å²) < 4.78 is 102. The maximum absolute atomic E-state index is 14.0. The fraction of sp³-hybridized carbons (Fsp3) is 0.348. The molecule has 1 aliphatic rings. The Bertz CT molecular complexity index is 1460. The second-order valence-electron chi connectivity index (χ2n) is 8.40. The molecule has 0 spiro atoms. The minimum atomic E-state index is -6.19. The third-order valence-corrected chi connectivity index (χ3v) is 6.12. The highest BCUT2D eigenvalue weighted by Gasteiger charge is 2.62. The molecule has 18 heteroatoms. The molecule has 1 aromatic carbocycles. The van der Waals surface area contributed by atoms with Gasteiger partial charge in [0, 0.05) is 25.0 Å². The van der Waals surface area contributed by atoms with Crippen LogP contribution in [0.1, 0.15) is 34.5 Å². The van der Waals surface area contributed by atoms with E-state index in [9.17, 15) is 45.6 Å². The van der Waals surface area contributed by atoms with Crippen molar-refractivity contribution in [1.82, 2.24) is 14.7 Å². The van der Waals surface area contributed by atoms with E-state index in [1.54, 1.807) is 0 Å². The molecule has 0 bridgehead atoms. The Labute approximate surface area is 231 Å². The largest absolute Gasteiger partial charge is 0.459 e. The SMILES string of the molecule is COC(=O)N(C(=O)c1cc(C(C=Nc2c(OC(F)F)c(C(F)(F)C(F)(F)F)nn2C)=CN)ccc1Cl)C1(C#N)CC1. The van der Waals surface area contributed by atoms with Gasteiger partial charge in [-0.1, -0.05) is 17.7 Å². The highest BCUT2D eigenvalue weighted by Crippen LogP contribution is 2.49. The number of ether oxygens (including phenoxy) is 2. The van der Waals surface area contributed by atoms with E-state index in [1.807, 2.05) is 6.07 Å². The van der Waals surface area contributed by atoms with Crippen molar-refractivity contribution in [3.63, 3.8) is 0 Å². The van der Waals surface area contributed by atoms with Gasteiger partial charge in [-0.15, -0.1) is 0 Å². The zero-order valence-electron chi connectivity index (χ0n) is 20.8. The van der Waals surface area contributed by atoms with Gasteiger partial charge in [-0.2, -0.15) is 41.1 Å². The van der Waals surface area contributed by atoms with E-state index >= 15 is 0 Å². The van der Waals surface area contributed by atoms with E-state index in [2.05, 4.69) is 19.6 Å². The monoisotopic (exact) mass is 610 g/mol. The van der Waals surface area contributed by atoms with E-state index < -0.39 is 53.5 Å². The van der Waals surface area contributed by atoms with Crippen LogP contribution in [0.3, 0.4) is 0 Å². The lowest BCUT2D eigenvalue weighted by Crippen LogP contribution is -2.46. The number of aliphatic imine (C=N–C) groups is 1. The average molecular weight is 611 g/mol. The molecule has 1 aliphatic carbocycles. The maximum atomic E-state index is 14.0. The lowest BCUT2D eigenvalue weighted by molar-refractivity contribution is -0.291. The molecule has 0 saturated heterocycles. The smallest absolute Gasteiger partial charge is 0.452 e. The van der Waals surface area contributed by atoms with Crippen LogP contribution in [0.25, 0.3) is 5.57 Å². The first-order valence-electron chi connectivity index (χ1n) is 11.1. The van der Waals surface area contributed by atoms with Crippen molar-refractivity contribution in [3.05, 3.63) is 46.2 Å². The number of aromatic nitrogens is 2. The number of nitrogens with zero attached hydrogens (tertiary/aromatic N) is 5. The molecule has 1 aromatic heterocycles. The number of allylic oxidation sites excluding steroid dienone is 1. The van der Waals surface area contributed by atoms with Crippen molar-refractivity contribution in [2.45, 2.75) is 37.1 Å². The molecule has 0 aliphatic heterocycles. The third kappa shape index (κ3) is 5.92. The molecule has 1 saturated carbocycles. The molecule has 0 radical (unpaired) electrons. The molecule has 2 aromatic rings. The summed E-state index contributed by atoms with van der Waals surface area (Å²) >= 11 is 6.16. The number of carbonyl (C=O) groups is 2. The molecule has 2 amide bonds. The molecular weight excluding hydrogens is 593 g/mol. The number of carbonyl (C=O) groups excluding carboxylic acids is 2. The molecule has 0 atom stereocenters. The summed E-state index contributed by atoms with van der Waals surface area (Å²) in [5.41, 5.74) is 1.66. The molecule has 1 heterocycles. The van der Waals surface area contributed by atoms with Crippen molar-refractivity contribution in [2.75, 3.05) is 7.11 Å². The second-order valence-corrected chi connectivity index (χ2v) is 8.81. The number of methoxy groups -OCH3 is 1. The number of imide groups is 1. The van der Waals surface area contributed by atoms with Crippen LogP contribution >= 0.6 is 11.6 Å². The first-order chi connectivity index (χ1) is 19.0. The van der Waals surface area contributed by atoms with Crippen molar-refractivity contribution < 1.29 is 49.8 Å². The van der Waals surface area contributed by atoms with Gasteiger partial charge in [0.05, 0.1) is 23.8 Å². The van der Waals surface area contributed by atoms with Gasteiger partial charge in [-0.3, -0.25) is 4.79 Å². The number of aryl methyl sites for hydroxylation is 1. The summed E-state index contributed by atoms with van der Waals surface area (Å²) in [6.45, 7) is -3.81. The van der Waals surface area contributed by atoms with Gasteiger partial charge >= 0.3 is 24.8 Å². The molecule has 1 fully saturated rings. The lowest BCUT2D eigenvalue weighted by Gasteiger charge is -2.24. The number of rotatable bonds is 8. The Balaban J connectivity index is 2.06. The number of alkyl halides is 7. The first-order valence-corrected chi connectivity index (χ1v) is 11.5. The number of hydrogen-bond acceptors (Lipinski definition) is 8. The first kappa shape index (κ1) is 31.2. The summed E-state index contributed by atoms with van der Waals surface area (Å²) in [6, 6.07) is 5.52. The number of nitriles is 1. The van der Waals surface area contributed by atoms with Crippen LogP contribution in [-0.4, -0.2) is 58.3 Å². The predicted octanol–water partition coefficient (Wildman–Crippen LogP) is 5.30. The minimum absolute atomic E-state index is 0.0509.